The van der Waals surface area contributed by atoms with Crippen LogP contribution < -0.4 is 0 Å². The van der Waals surface area contributed by atoms with Gasteiger partial charge in [0.2, 0.25) is 0 Å². The first kappa shape index (κ1) is 19.4. The molecule has 0 saturated heterocycles. The Bertz CT molecular complexity index is 1240. The summed E-state index contributed by atoms with van der Waals surface area (Å²) < 4.78 is 4.73. The zero-order valence-electron chi connectivity index (χ0n) is 17.4. The Morgan fingerprint density at radius 1 is 1.06 bits per heavy atom. The molecule has 2 aliphatic rings. The normalized spacial score (nSPS) is 17.4. The van der Waals surface area contributed by atoms with Gasteiger partial charge in [-0.2, -0.15) is 0 Å². The highest BCUT2D eigenvalue weighted by Crippen LogP contribution is 2.47. The largest absolute Gasteiger partial charge is 0.323 e. The summed E-state index contributed by atoms with van der Waals surface area (Å²) in [7, 11) is 0. The molecular weight excluding hydrogens is 426 g/mol. The summed E-state index contributed by atoms with van der Waals surface area (Å²) in [4.78, 5) is 5.01. The molecule has 2 heterocycles. The molecule has 2 aliphatic carbocycles. The Kier molecular flexibility index (Phi) is 4.80. The third-order valence-corrected chi connectivity index (χ3v) is 7.40. The standard InChI is InChI=1S/C24H24ClN5S/c1-15(31-24-28-27-23(17-7-8-17)30(24)19-10-11-19)22-26-20-13-18(25)9-12-21(20)29(22)14-16-5-3-2-4-6-16/h2-6,9,12-13,15,17,19H,7-8,10-11,14H2,1H3/t15-/m1/s1. The van der Waals surface area contributed by atoms with E-state index in [1.807, 2.05) is 12.1 Å². The van der Waals surface area contributed by atoms with Crippen LogP contribution in [0.5, 0.6) is 0 Å². The summed E-state index contributed by atoms with van der Waals surface area (Å²) in [6.07, 6.45) is 4.98. The number of hydrogen-bond donors (Lipinski definition) is 0. The van der Waals surface area contributed by atoms with E-state index < -0.39 is 0 Å². The first-order valence-corrected chi connectivity index (χ1v) is 12.2. The van der Waals surface area contributed by atoms with E-state index >= 15 is 0 Å². The topological polar surface area (TPSA) is 48.5 Å². The Morgan fingerprint density at radius 2 is 1.87 bits per heavy atom. The van der Waals surface area contributed by atoms with Crippen molar-refractivity contribution in [1.82, 2.24) is 24.3 Å². The molecule has 2 aromatic carbocycles. The lowest BCUT2D eigenvalue weighted by Crippen LogP contribution is -2.08. The van der Waals surface area contributed by atoms with Crippen molar-refractivity contribution in [3.63, 3.8) is 0 Å². The van der Waals surface area contributed by atoms with Crippen molar-refractivity contribution in [3.8, 4) is 0 Å². The van der Waals surface area contributed by atoms with E-state index in [9.17, 15) is 0 Å². The van der Waals surface area contributed by atoms with Crippen LogP contribution >= 0.6 is 23.4 Å². The summed E-state index contributed by atoms with van der Waals surface area (Å²) in [6, 6.07) is 17.1. The summed E-state index contributed by atoms with van der Waals surface area (Å²) in [5.74, 6) is 2.86. The van der Waals surface area contributed by atoms with Crippen molar-refractivity contribution < 1.29 is 0 Å². The lowest BCUT2D eigenvalue weighted by molar-refractivity contribution is 0.625. The monoisotopic (exact) mass is 449 g/mol. The third-order valence-electron chi connectivity index (χ3n) is 6.11. The second-order valence-corrected chi connectivity index (χ2v) is 10.4. The van der Waals surface area contributed by atoms with Crippen LogP contribution in [0.25, 0.3) is 11.0 Å². The van der Waals surface area contributed by atoms with Gasteiger partial charge >= 0.3 is 0 Å². The molecule has 2 aromatic heterocycles. The van der Waals surface area contributed by atoms with Crippen molar-refractivity contribution in [3.05, 3.63) is 70.8 Å². The van der Waals surface area contributed by atoms with Gasteiger partial charge in [-0.25, -0.2) is 4.98 Å². The number of rotatable bonds is 7. The van der Waals surface area contributed by atoms with Crippen molar-refractivity contribution in [2.45, 2.75) is 61.5 Å². The quantitative estimate of drug-likeness (QED) is 0.306. The van der Waals surface area contributed by atoms with E-state index in [1.54, 1.807) is 11.8 Å². The van der Waals surface area contributed by atoms with Gasteiger partial charge in [-0.1, -0.05) is 53.7 Å². The average Bonchev–Trinajstić information content (AvgIpc) is 3.71. The number of thioether (sulfide) groups is 1. The number of nitrogens with zero attached hydrogens (tertiary/aromatic N) is 5. The molecule has 0 radical (unpaired) electrons. The maximum absolute atomic E-state index is 6.27. The zero-order valence-corrected chi connectivity index (χ0v) is 19.0. The highest BCUT2D eigenvalue weighted by atomic mass is 35.5. The molecule has 4 aromatic rings. The molecule has 6 rings (SSSR count). The van der Waals surface area contributed by atoms with E-state index in [1.165, 1.54) is 37.1 Å². The van der Waals surface area contributed by atoms with Gasteiger partial charge in [0.1, 0.15) is 11.6 Å². The van der Waals surface area contributed by atoms with E-state index in [4.69, 9.17) is 16.6 Å². The second-order valence-electron chi connectivity index (χ2n) is 8.65. The summed E-state index contributed by atoms with van der Waals surface area (Å²) >= 11 is 8.05. The van der Waals surface area contributed by atoms with Gasteiger partial charge in [-0.15, -0.1) is 10.2 Å². The Labute approximate surface area is 190 Å². The van der Waals surface area contributed by atoms with Gasteiger partial charge in [0, 0.05) is 23.5 Å². The van der Waals surface area contributed by atoms with E-state index in [0.717, 1.165) is 28.6 Å². The van der Waals surface area contributed by atoms with E-state index in [0.29, 0.717) is 17.0 Å². The molecule has 2 saturated carbocycles. The van der Waals surface area contributed by atoms with Crippen molar-refractivity contribution in [2.24, 2.45) is 0 Å². The highest BCUT2D eigenvalue weighted by Gasteiger charge is 2.37. The Balaban J connectivity index is 1.37. The molecule has 31 heavy (non-hydrogen) atoms. The van der Waals surface area contributed by atoms with Crippen LogP contribution in [0.4, 0.5) is 0 Å². The van der Waals surface area contributed by atoms with Crippen LogP contribution in [-0.4, -0.2) is 24.3 Å². The third kappa shape index (κ3) is 3.76. The van der Waals surface area contributed by atoms with E-state index in [2.05, 4.69) is 62.7 Å². The molecule has 0 N–H and O–H groups in total. The SMILES string of the molecule is C[C@@H](Sc1nnc(C2CC2)n1C1CC1)c1nc2cc(Cl)ccc2n1Cc1ccccc1. The fraction of sp³-hybridized carbons (Fsp3) is 0.375. The molecule has 0 unspecified atom stereocenters. The van der Waals surface area contributed by atoms with Gasteiger partial charge in [0.25, 0.3) is 0 Å². The number of halogens is 1. The molecule has 158 valence electrons. The number of hydrogen-bond acceptors (Lipinski definition) is 4. The van der Waals surface area contributed by atoms with E-state index in [-0.39, 0.29) is 5.25 Å². The van der Waals surface area contributed by atoms with Crippen molar-refractivity contribution in [2.75, 3.05) is 0 Å². The smallest absolute Gasteiger partial charge is 0.192 e. The van der Waals surface area contributed by atoms with Gasteiger partial charge in [0.15, 0.2) is 5.16 Å². The van der Waals surface area contributed by atoms with Crippen LogP contribution in [-0.2, 0) is 6.54 Å². The Hall–Kier alpha value is -2.31. The molecule has 0 aliphatic heterocycles. The maximum Gasteiger partial charge on any atom is 0.192 e. The average molecular weight is 450 g/mol. The summed E-state index contributed by atoms with van der Waals surface area (Å²) in [6.45, 7) is 3.00. The van der Waals surface area contributed by atoms with Crippen LogP contribution in [0.2, 0.25) is 5.02 Å². The fourth-order valence-corrected chi connectivity index (χ4v) is 5.45. The molecular formula is C24H24ClN5S. The predicted molar refractivity (Wildman–Crippen MR) is 125 cm³/mol. The lowest BCUT2D eigenvalue weighted by Gasteiger charge is -2.15. The minimum Gasteiger partial charge on any atom is -0.323 e. The van der Waals surface area contributed by atoms with Crippen molar-refractivity contribution >= 4 is 34.4 Å². The molecule has 0 bridgehead atoms. The first-order valence-electron chi connectivity index (χ1n) is 11.0. The van der Waals surface area contributed by atoms with Crippen LogP contribution in [0.3, 0.4) is 0 Å². The fourth-order valence-electron chi connectivity index (χ4n) is 4.24. The van der Waals surface area contributed by atoms with Crippen molar-refractivity contribution in [1.29, 1.82) is 0 Å². The van der Waals surface area contributed by atoms with Gasteiger partial charge in [-0.05, 0) is 56.4 Å². The zero-order chi connectivity index (χ0) is 20.9. The van der Waals surface area contributed by atoms with Crippen LogP contribution in [0.1, 0.15) is 67.0 Å². The summed E-state index contributed by atoms with van der Waals surface area (Å²) in [5.41, 5.74) is 3.30. The first-order chi connectivity index (χ1) is 15.2. The highest BCUT2D eigenvalue weighted by molar-refractivity contribution is 7.99. The number of fused-ring (bicyclic) bond motifs is 1. The van der Waals surface area contributed by atoms with Crippen LogP contribution in [0.15, 0.2) is 53.7 Å². The molecule has 0 spiro atoms. The van der Waals surface area contributed by atoms with Gasteiger partial charge in [0.05, 0.1) is 16.3 Å². The Morgan fingerprint density at radius 3 is 2.61 bits per heavy atom. The predicted octanol–water partition coefficient (Wildman–Crippen LogP) is 6.40. The van der Waals surface area contributed by atoms with Gasteiger partial charge < -0.3 is 9.13 Å². The second kappa shape index (κ2) is 7.68. The summed E-state index contributed by atoms with van der Waals surface area (Å²) in [5, 5.41) is 11.1. The number of imidazole rings is 1. The van der Waals surface area contributed by atoms with Gasteiger partial charge in [-0.3, -0.25) is 0 Å². The maximum atomic E-state index is 6.27. The minimum atomic E-state index is 0.142. The minimum absolute atomic E-state index is 0.142. The number of benzene rings is 2. The number of aromatic nitrogens is 5. The molecule has 2 fully saturated rings. The molecule has 0 amide bonds. The molecule has 7 heteroatoms. The van der Waals surface area contributed by atoms with Crippen LogP contribution in [0, 0.1) is 0 Å². The molecule has 5 nitrogen and oxygen atoms in total. The lowest BCUT2D eigenvalue weighted by atomic mass is 10.2. The molecule has 1 atom stereocenters.